The largest absolute Gasteiger partial charge is 0.481 e. The van der Waals surface area contributed by atoms with E-state index >= 15 is 0 Å². The van der Waals surface area contributed by atoms with Crippen molar-refractivity contribution < 1.29 is 19.4 Å². The first-order chi connectivity index (χ1) is 10.6. The molecular weight excluding hydrogens is 306 g/mol. The lowest BCUT2D eigenvalue weighted by molar-refractivity contribution is -0.146. The molecule has 1 aromatic carbocycles. The third kappa shape index (κ3) is 2.87. The summed E-state index contributed by atoms with van der Waals surface area (Å²) in [6.07, 6.45) is 3.24. The number of hydrogen-bond donors (Lipinski definition) is 2. The molecule has 0 aliphatic carbocycles. The van der Waals surface area contributed by atoms with E-state index in [9.17, 15) is 14.7 Å². The van der Waals surface area contributed by atoms with Gasteiger partial charge in [0.25, 0.3) is 0 Å². The van der Waals surface area contributed by atoms with Crippen LogP contribution in [0.2, 0.25) is 5.02 Å². The highest BCUT2D eigenvalue weighted by atomic mass is 35.5. The Kier molecular flexibility index (Phi) is 4.18. The zero-order valence-corrected chi connectivity index (χ0v) is 12.5. The Hall–Kier alpha value is -1.85. The lowest BCUT2D eigenvalue weighted by atomic mass is 9.82. The first-order valence-electron chi connectivity index (χ1n) is 7.15. The Balaban J connectivity index is 1.56. The lowest BCUT2D eigenvalue weighted by Gasteiger charge is -2.20. The number of benzene rings is 1. The van der Waals surface area contributed by atoms with E-state index in [4.69, 9.17) is 16.3 Å². The summed E-state index contributed by atoms with van der Waals surface area (Å²) < 4.78 is 5.49. The molecule has 0 aromatic heterocycles. The number of ether oxygens (including phenoxy) is 1. The average molecular weight is 322 g/mol. The molecule has 2 bridgehead atoms. The third-order valence-corrected chi connectivity index (χ3v) is 4.37. The Morgan fingerprint density at radius 1 is 1.14 bits per heavy atom. The molecule has 2 N–H and O–H groups in total. The summed E-state index contributed by atoms with van der Waals surface area (Å²) in [5.74, 6) is -2.71. The fourth-order valence-corrected chi connectivity index (χ4v) is 3.14. The molecule has 0 spiro atoms. The van der Waals surface area contributed by atoms with Gasteiger partial charge < -0.3 is 15.2 Å². The van der Waals surface area contributed by atoms with Crippen molar-refractivity contribution in [3.63, 3.8) is 0 Å². The lowest BCUT2D eigenvalue weighted by Crippen LogP contribution is -2.43. The minimum absolute atomic E-state index is 0.266. The molecule has 2 heterocycles. The number of nitrogens with one attached hydrogen (secondary N) is 1. The summed E-state index contributed by atoms with van der Waals surface area (Å²) in [6.45, 7) is 0.449. The molecule has 3 rings (SSSR count). The van der Waals surface area contributed by atoms with Crippen molar-refractivity contribution in [2.75, 3.05) is 6.54 Å². The molecule has 0 unspecified atom stereocenters. The maximum Gasteiger partial charge on any atom is 0.310 e. The Morgan fingerprint density at radius 3 is 2.41 bits per heavy atom. The van der Waals surface area contributed by atoms with Crippen LogP contribution in [0.5, 0.6) is 0 Å². The van der Waals surface area contributed by atoms with Gasteiger partial charge >= 0.3 is 5.97 Å². The van der Waals surface area contributed by atoms with Gasteiger partial charge in [-0.2, -0.15) is 0 Å². The molecule has 6 heteroatoms. The van der Waals surface area contributed by atoms with E-state index < -0.39 is 30.0 Å². The number of halogens is 1. The number of carbonyl (C=O) groups is 2. The molecule has 1 amide bonds. The molecule has 5 nitrogen and oxygen atoms in total. The van der Waals surface area contributed by atoms with Crippen LogP contribution in [0, 0.1) is 11.8 Å². The van der Waals surface area contributed by atoms with Gasteiger partial charge in [-0.25, -0.2) is 0 Å². The normalized spacial score (nSPS) is 28.8. The van der Waals surface area contributed by atoms with Crippen LogP contribution in [-0.4, -0.2) is 35.7 Å². The summed E-state index contributed by atoms with van der Waals surface area (Å²) in [7, 11) is 0. The van der Waals surface area contributed by atoms with Gasteiger partial charge in [-0.15, -0.1) is 0 Å². The van der Waals surface area contributed by atoms with Crippen molar-refractivity contribution in [3.8, 4) is 0 Å². The fraction of sp³-hybridized carbons (Fsp3) is 0.375. The number of rotatable bonds is 5. The topological polar surface area (TPSA) is 75.6 Å². The van der Waals surface area contributed by atoms with Crippen LogP contribution in [0.15, 0.2) is 36.4 Å². The molecule has 4 atom stereocenters. The van der Waals surface area contributed by atoms with Gasteiger partial charge in [0.1, 0.15) is 5.92 Å². The number of hydrogen-bond acceptors (Lipinski definition) is 3. The van der Waals surface area contributed by atoms with Crippen LogP contribution in [0.3, 0.4) is 0 Å². The van der Waals surface area contributed by atoms with Crippen LogP contribution in [-0.2, 0) is 20.7 Å². The summed E-state index contributed by atoms with van der Waals surface area (Å²) in [6, 6.07) is 7.40. The van der Waals surface area contributed by atoms with Crippen molar-refractivity contribution in [1.29, 1.82) is 0 Å². The highest BCUT2D eigenvalue weighted by Crippen LogP contribution is 2.39. The fourth-order valence-electron chi connectivity index (χ4n) is 3.01. The third-order valence-electron chi connectivity index (χ3n) is 4.11. The van der Waals surface area contributed by atoms with E-state index in [-0.39, 0.29) is 5.91 Å². The van der Waals surface area contributed by atoms with E-state index in [1.807, 2.05) is 12.1 Å². The van der Waals surface area contributed by atoms with Gasteiger partial charge in [0.2, 0.25) is 5.91 Å². The van der Waals surface area contributed by atoms with Crippen LogP contribution in [0.1, 0.15) is 5.56 Å². The van der Waals surface area contributed by atoms with Gasteiger partial charge in [0.15, 0.2) is 0 Å². The quantitative estimate of drug-likeness (QED) is 0.809. The minimum Gasteiger partial charge on any atom is -0.481 e. The summed E-state index contributed by atoms with van der Waals surface area (Å²) in [5.41, 5.74) is 1.06. The van der Waals surface area contributed by atoms with Crippen LogP contribution >= 0.6 is 11.6 Å². The number of carbonyl (C=O) groups excluding carboxylic acids is 1. The SMILES string of the molecule is O=C(O)[C@@H]1[C@H](C(=O)NCCc2ccc(Cl)cc2)[C@@H]2C=C[C@@H]1O2. The second-order valence-electron chi connectivity index (χ2n) is 5.51. The molecule has 2 aliphatic heterocycles. The van der Waals surface area contributed by atoms with E-state index in [2.05, 4.69) is 5.32 Å². The predicted molar refractivity (Wildman–Crippen MR) is 80.6 cm³/mol. The van der Waals surface area contributed by atoms with Crippen molar-refractivity contribution in [3.05, 3.63) is 47.0 Å². The Morgan fingerprint density at radius 2 is 1.77 bits per heavy atom. The van der Waals surface area contributed by atoms with Crippen molar-refractivity contribution in [2.45, 2.75) is 18.6 Å². The van der Waals surface area contributed by atoms with Gasteiger partial charge in [-0.3, -0.25) is 9.59 Å². The molecule has 1 fully saturated rings. The number of carboxylic acid groups (broad SMARTS) is 1. The zero-order valence-electron chi connectivity index (χ0n) is 11.7. The predicted octanol–water partition coefficient (Wildman–Crippen LogP) is 1.65. The van der Waals surface area contributed by atoms with Crippen LogP contribution in [0.25, 0.3) is 0 Å². The standard InChI is InChI=1S/C16H16ClNO4/c17-10-3-1-9(2-4-10)7-8-18-15(19)13-11-5-6-12(22-11)14(13)16(20)21/h1-6,11-14H,7-8H2,(H,18,19)(H,20,21)/t11-,12-,13+,14-/m0/s1. The molecule has 22 heavy (non-hydrogen) atoms. The van der Waals surface area contributed by atoms with Crippen molar-refractivity contribution in [1.82, 2.24) is 5.32 Å². The Labute approximate surface area is 132 Å². The molecule has 116 valence electrons. The van der Waals surface area contributed by atoms with E-state index in [0.717, 1.165) is 5.56 Å². The number of carboxylic acids is 1. The van der Waals surface area contributed by atoms with Gasteiger partial charge in [-0.1, -0.05) is 35.9 Å². The number of aliphatic carboxylic acids is 1. The van der Waals surface area contributed by atoms with Crippen LogP contribution in [0.4, 0.5) is 0 Å². The van der Waals surface area contributed by atoms with E-state index in [1.165, 1.54) is 0 Å². The monoisotopic (exact) mass is 321 g/mol. The number of fused-ring (bicyclic) bond motifs is 2. The number of amides is 1. The summed E-state index contributed by atoms with van der Waals surface area (Å²) in [4.78, 5) is 23.6. The second-order valence-corrected chi connectivity index (χ2v) is 5.94. The van der Waals surface area contributed by atoms with Gasteiger partial charge in [-0.05, 0) is 24.1 Å². The van der Waals surface area contributed by atoms with E-state index in [1.54, 1.807) is 24.3 Å². The summed E-state index contributed by atoms with van der Waals surface area (Å²) in [5, 5.41) is 12.8. The van der Waals surface area contributed by atoms with Crippen molar-refractivity contribution in [2.24, 2.45) is 11.8 Å². The molecule has 0 radical (unpaired) electrons. The first-order valence-corrected chi connectivity index (χ1v) is 7.53. The zero-order chi connectivity index (χ0) is 15.7. The first kappa shape index (κ1) is 15.1. The molecule has 1 saturated heterocycles. The highest BCUT2D eigenvalue weighted by Gasteiger charge is 2.53. The van der Waals surface area contributed by atoms with E-state index in [0.29, 0.717) is 18.0 Å². The summed E-state index contributed by atoms with van der Waals surface area (Å²) >= 11 is 5.82. The maximum atomic E-state index is 12.3. The van der Waals surface area contributed by atoms with Gasteiger partial charge in [0, 0.05) is 11.6 Å². The van der Waals surface area contributed by atoms with Crippen LogP contribution < -0.4 is 5.32 Å². The Bertz CT molecular complexity index is 613. The van der Waals surface area contributed by atoms with Gasteiger partial charge in [0.05, 0.1) is 18.1 Å². The molecule has 2 aliphatic rings. The maximum absolute atomic E-state index is 12.3. The highest BCUT2D eigenvalue weighted by molar-refractivity contribution is 6.30. The second kappa shape index (κ2) is 6.10. The molecule has 1 aromatic rings. The van der Waals surface area contributed by atoms with Crippen molar-refractivity contribution >= 4 is 23.5 Å². The minimum atomic E-state index is -0.991. The average Bonchev–Trinajstić information content (AvgIpc) is 3.09. The molecular formula is C16H16ClNO4. The smallest absolute Gasteiger partial charge is 0.310 e. The molecule has 0 saturated carbocycles.